The normalized spacial score (nSPS) is 11.2. The second-order valence-corrected chi connectivity index (χ2v) is 3.35. The van der Waals surface area contributed by atoms with Crippen LogP contribution in [-0.4, -0.2) is 18.7 Å². The van der Waals surface area contributed by atoms with Crippen molar-refractivity contribution in [2.45, 2.75) is 6.18 Å². The molecule has 0 heterocycles. The summed E-state index contributed by atoms with van der Waals surface area (Å²) in [6.07, 6.45) is -4.48. The number of carbonyl (C=O) groups is 1. The van der Waals surface area contributed by atoms with Crippen molar-refractivity contribution in [2.24, 2.45) is 5.73 Å². The Morgan fingerprint density at radius 1 is 1.44 bits per heavy atom. The van der Waals surface area contributed by atoms with Gasteiger partial charge in [0, 0.05) is 5.02 Å². The van der Waals surface area contributed by atoms with E-state index in [0.29, 0.717) is 0 Å². The maximum Gasteiger partial charge on any atom is 0.422 e. The van der Waals surface area contributed by atoms with Gasteiger partial charge >= 0.3 is 6.18 Å². The minimum Gasteiger partial charge on any atom is -0.483 e. The van der Waals surface area contributed by atoms with Crippen molar-refractivity contribution in [3.63, 3.8) is 0 Å². The summed E-state index contributed by atoms with van der Waals surface area (Å²) in [6.45, 7) is -1.49. The smallest absolute Gasteiger partial charge is 0.422 e. The maximum atomic E-state index is 11.9. The molecule has 1 rings (SSSR count). The standard InChI is InChI=1S/C9H7ClF3NO2/c10-5-1-2-7(6(3-5)8(14)15)16-4-9(11,12)13/h1-3H,4H2,(H2,14,15). The molecule has 0 saturated carbocycles. The molecule has 0 unspecified atom stereocenters. The number of alkyl halides is 3. The SMILES string of the molecule is NC(=O)c1cc(Cl)ccc1OCC(F)(F)F. The number of halogens is 4. The van der Waals surface area contributed by atoms with Crippen LogP contribution >= 0.6 is 11.6 Å². The molecule has 0 atom stereocenters. The van der Waals surface area contributed by atoms with Gasteiger partial charge in [0.05, 0.1) is 5.56 Å². The Hall–Kier alpha value is -1.43. The van der Waals surface area contributed by atoms with Crippen LogP contribution in [0.4, 0.5) is 13.2 Å². The van der Waals surface area contributed by atoms with Crippen LogP contribution < -0.4 is 10.5 Å². The number of carbonyl (C=O) groups excluding carboxylic acids is 1. The zero-order valence-corrected chi connectivity index (χ0v) is 8.60. The molecule has 0 spiro atoms. The molecule has 7 heteroatoms. The summed E-state index contributed by atoms with van der Waals surface area (Å²) in [5.74, 6) is -1.14. The highest BCUT2D eigenvalue weighted by atomic mass is 35.5. The molecule has 1 aromatic rings. The van der Waals surface area contributed by atoms with Crippen molar-refractivity contribution in [1.82, 2.24) is 0 Å². The molecule has 1 amide bonds. The average molecular weight is 254 g/mol. The van der Waals surface area contributed by atoms with Crippen LogP contribution in [0.5, 0.6) is 5.75 Å². The van der Waals surface area contributed by atoms with Gasteiger partial charge in [-0.3, -0.25) is 4.79 Å². The molecule has 0 aliphatic carbocycles. The summed E-state index contributed by atoms with van der Waals surface area (Å²) < 4.78 is 40.1. The van der Waals surface area contributed by atoms with E-state index < -0.39 is 18.7 Å². The monoisotopic (exact) mass is 253 g/mol. The molecule has 3 nitrogen and oxygen atoms in total. The molecule has 0 aliphatic heterocycles. The fourth-order valence-electron chi connectivity index (χ4n) is 0.980. The number of hydrogen-bond donors (Lipinski definition) is 1. The molecular weight excluding hydrogens is 247 g/mol. The second-order valence-electron chi connectivity index (χ2n) is 2.91. The van der Waals surface area contributed by atoms with Gasteiger partial charge in [0.25, 0.3) is 5.91 Å². The van der Waals surface area contributed by atoms with Gasteiger partial charge in [0.2, 0.25) is 0 Å². The van der Waals surface area contributed by atoms with Crippen LogP contribution in [0.3, 0.4) is 0 Å². The van der Waals surface area contributed by atoms with Gasteiger partial charge in [-0.1, -0.05) is 11.6 Å². The third-order valence-corrected chi connectivity index (χ3v) is 1.83. The van der Waals surface area contributed by atoms with Crippen LogP contribution in [0.15, 0.2) is 18.2 Å². The predicted octanol–water partition coefficient (Wildman–Crippen LogP) is 2.38. The largest absolute Gasteiger partial charge is 0.483 e. The van der Waals surface area contributed by atoms with Gasteiger partial charge in [-0.25, -0.2) is 0 Å². The van der Waals surface area contributed by atoms with E-state index in [1.54, 1.807) is 0 Å². The van der Waals surface area contributed by atoms with Crippen LogP contribution in [0.25, 0.3) is 0 Å². The summed E-state index contributed by atoms with van der Waals surface area (Å²) in [4.78, 5) is 10.9. The Labute approximate surface area is 93.9 Å². The van der Waals surface area contributed by atoms with Crippen LogP contribution in [0, 0.1) is 0 Å². The third-order valence-electron chi connectivity index (χ3n) is 1.60. The average Bonchev–Trinajstić information content (AvgIpc) is 2.14. The van der Waals surface area contributed by atoms with E-state index >= 15 is 0 Å². The number of nitrogens with two attached hydrogens (primary N) is 1. The number of hydrogen-bond acceptors (Lipinski definition) is 2. The van der Waals surface area contributed by atoms with Gasteiger partial charge in [-0.05, 0) is 18.2 Å². The second kappa shape index (κ2) is 4.61. The van der Waals surface area contributed by atoms with Crippen LogP contribution in [0.1, 0.15) is 10.4 Å². The molecule has 16 heavy (non-hydrogen) atoms. The summed E-state index contributed by atoms with van der Waals surface area (Å²) in [5.41, 5.74) is 4.78. The van der Waals surface area contributed by atoms with Gasteiger partial charge in [-0.15, -0.1) is 0 Å². The third kappa shape index (κ3) is 3.62. The lowest BCUT2D eigenvalue weighted by Crippen LogP contribution is -2.21. The van der Waals surface area contributed by atoms with Gasteiger partial charge < -0.3 is 10.5 Å². The minimum absolute atomic E-state index is 0.184. The first-order valence-corrected chi connectivity index (χ1v) is 4.46. The molecule has 2 N–H and O–H groups in total. The molecular formula is C9H7ClF3NO2. The van der Waals surface area contributed by atoms with Crippen molar-refractivity contribution < 1.29 is 22.7 Å². The molecule has 1 aromatic carbocycles. The number of rotatable bonds is 3. The highest BCUT2D eigenvalue weighted by Crippen LogP contribution is 2.24. The molecule has 0 saturated heterocycles. The maximum absolute atomic E-state index is 11.9. The zero-order chi connectivity index (χ0) is 12.3. The fourth-order valence-corrected chi connectivity index (χ4v) is 1.15. The Morgan fingerprint density at radius 2 is 2.06 bits per heavy atom. The van der Waals surface area contributed by atoms with E-state index in [9.17, 15) is 18.0 Å². The quantitative estimate of drug-likeness (QED) is 0.899. The molecule has 0 aromatic heterocycles. The Kier molecular flexibility index (Phi) is 3.64. The molecule has 0 bridgehead atoms. The van der Waals surface area contributed by atoms with Crippen molar-refractivity contribution >= 4 is 17.5 Å². The highest BCUT2D eigenvalue weighted by Gasteiger charge is 2.29. The van der Waals surface area contributed by atoms with E-state index in [1.807, 2.05) is 0 Å². The topological polar surface area (TPSA) is 52.3 Å². The van der Waals surface area contributed by atoms with Gasteiger partial charge in [0.1, 0.15) is 5.75 Å². The molecule has 0 radical (unpaired) electrons. The van der Waals surface area contributed by atoms with Crippen molar-refractivity contribution in [3.8, 4) is 5.75 Å². The number of primary amides is 1. The van der Waals surface area contributed by atoms with Gasteiger partial charge in [-0.2, -0.15) is 13.2 Å². The lowest BCUT2D eigenvalue weighted by atomic mass is 10.2. The summed E-state index contributed by atoms with van der Waals surface area (Å²) >= 11 is 5.57. The summed E-state index contributed by atoms with van der Waals surface area (Å²) in [7, 11) is 0. The minimum atomic E-state index is -4.48. The highest BCUT2D eigenvalue weighted by molar-refractivity contribution is 6.31. The first-order chi connectivity index (χ1) is 7.29. The predicted molar refractivity (Wildman–Crippen MR) is 51.5 cm³/mol. The lowest BCUT2D eigenvalue weighted by Gasteiger charge is -2.11. The van der Waals surface area contributed by atoms with Crippen LogP contribution in [-0.2, 0) is 0 Å². The van der Waals surface area contributed by atoms with Crippen molar-refractivity contribution in [2.75, 3.05) is 6.61 Å². The zero-order valence-electron chi connectivity index (χ0n) is 7.84. The Bertz CT molecular complexity index is 406. The summed E-state index contributed by atoms with van der Waals surface area (Å²) in [6, 6.07) is 3.61. The Balaban J connectivity index is 2.91. The number of amides is 1. The van der Waals surface area contributed by atoms with Crippen LogP contribution in [0.2, 0.25) is 5.02 Å². The first kappa shape index (κ1) is 12.6. The van der Waals surface area contributed by atoms with Gasteiger partial charge in [0.15, 0.2) is 6.61 Å². The van der Waals surface area contributed by atoms with Crippen molar-refractivity contribution in [3.05, 3.63) is 28.8 Å². The summed E-state index contributed by atoms with van der Waals surface area (Å²) in [5, 5.41) is 0.188. The number of benzene rings is 1. The van der Waals surface area contributed by atoms with E-state index in [2.05, 4.69) is 4.74 Å². The molecule has 0 fully saturated rings. The lowest BCUT2D eigenvalue weighted by molar-refractivity contribution is -0.153. The Morgan fingerprint density at radius 3 is 2.56 bits per heavy atom. The van der Waals surface area contributed by atoms with E-state index in [4.69, 9.17) is 17.3 Å². The molecule has 88 valence electrons. The van der Waals surface area contributed by atoms with Crippen molar-refractivity contribution in [1.29, 1.82) is 0 Å². The fraction of sp³-hybridized carbons (Fsp3) is 0.222. The number of ether oxygens (including phenoxy) is 1. The van der Waals surface area contributed by atoms with E-state index in [1.165, 1.54) is 6.07 Å². The molecule has 0 aliphatic rings. The first-order valence-electron chi connectivity index (χ1n) is 4.08. The van der Waals surface area contributed by atoms with E-state index in [-0.39, 0.29) is 16.3 Å². The van der Waals surface area contributed by atoms with E-state index in [0.717, 1.165) is 12.1 Å².